The fourth-order valence-corrected chi connectivity index (χ4v) is 7.02. The average molecular weight is 658 g/mol. The molecule has 0 unspecified atom stereocenters. The Balaban J connectivity index is 1.32. The fourth-order valence-electron chi connectivity index (χ4n) is 6.21. The maximum Gasteiger partial charge on any atom is 0.318 e. The first-order valence-electron chi connectivity index (χ1n) is 14.0. The molecular weight excluding hydrogens is 621 g/mol. The van der Waals surface area contributed by atoms with E-state index in [-0.39, 0.29) is 29.6 Å². The second kappa shape index (κ2) is 10.9. The van der Waals surface area contributed by atoms with Crippen molar-refractivity contribution in [1.82, 2.24) is 19.8 Å². The number of nitrogens with zero attached hydrogens (tertiary/aromatic N) is 5. The molecule has 3 aliphatic rings. The molecule has 9 nitrogen and oxygen atoms in total. The molecule has 1 amide bonds. The minimum atomic E-state index is -0.147. The van der Waals surface area contributed by atoms with E-state index in [1.54, 1.807) is 17.0 Å². The van der Waals surface area contributed by atoms with Crippen molar-refractivity contribution in [3.05, 3.63) is 50.7 Å². The van der Waals surface area contributed by atoms with Crippen LogP contribution in [0.15, 0.2) is 30.3 Å². The standard InChI is InChI=1S/C30H36IN5O4/c1-34(2)17-30(8-9-30)18-40-29-32-25-15-36(14-23(25)27(33-29)35-10-4-5-19(13-35)16-37)28(39)22-12-21(38)11-20-6-3-7-24(31)26(20)22/h3,6-7,11-12,19,37-38H,4-5,8-10,13-18H2,1-2H3/t19-/m1/s1. The van der Waals surface area contributed by atoms with Gasteiger partial charge in [-0.2, -0.15) is 9.97 Å². The van der Waals surface area contributed by atoms with Crippen molar-refractivity contribution in [3.8, 4) is 11.8 Å². The van der Waals surface area contributed by atoms with Crippen LogP contribution in [0.5, 0.6) is 11.8 Å². The number of ether oxygens (including phenoxy) is 1. The number of rotatable bonds is 8. The number of halogens is 1. The maximum absolute atomic E-state index is 14.0. The highest BCUT2D eigenvalue weighted by Gasteiger charge is 2.44. The lowest BCUT2D eigenvalue weighted by Crippen LogP contribution is -2.38. The van der Waals surface area contributed by atoms with E-state index in [0.29, 0.717) is 37.8 Å². The van der Waals surface area contributed by atoms with Gasteiger partial charge in [-0.3, -0.25) is 4.79 Å². The number of piperidine rings is 1. The molecule has 1 saturated carbocycles. The summed E-state index contributed by atoms with van der Waals surface area (Å²) in [7, 11) is 4.17. The number of hydrogen-bond acceptors (Lipinski definition) is 8. The van der Waals surface area contributed by atoms with Gasteiger partial charge in [-0.1, -0.05) is 12.1 Å². The normalized spacial score (nSPS) is 19.8. The number of aromatic hydroxyl groups is 1. The minimum absolute atomic E-state index is 0.0702. The predicted octanol–water partition coefficient (Wildman–Crippen LogP) is 4.03. The quantitative estimate of drug-likeness (QED) is 0.351. The van der Waals surface area contributed by atoms with Crippen LogP contribution in [-0.2, 0) is 13.1 Å². The molecule has 6 rings (SSSR count). The predicted molar refractivity (Wildman–Crippen MR) is 162 cm³/mol. The van der Waals surface area contributed by atoms with Gasteiger partial charge in [-0.15, -0.1) is 0 Å². The fraction of sp³-hybridized carbons (Fsp3) is 0.500. The SMILES string of the molecule is CN(C)CC1(COc2nc3c(c(N4CCC[C@@H](CO)C4)n2)CN(C(=O)c2cc(O)cc4cccc(I)c24)C3)CC1. The van der Waals surface area contributed by atoms with Crippen molar-refractivity contribution in [2.45, 2.75) is 38.8 Å². The van der Waals surface area contributed by atoms with Crippen LogP contribution >= 0.6 is 22.6 Å². The number of anilines is 1. The number of carbonyl (C=O) groups excluding carboxylic acids is 1. The van der Waals surface area contributed by atoms with Crippen molar-refractivity contribution >= 4 is 45.1 Å². The topological polar surface area (TPSA) is 102 Å². The van der Waals surface area contributed by atoms with E-state index >= 15 is 0 Å². The molecule has 2 fully saturated rings. The Morgan fingerprint density at radius 3 is 2.80 bits per heavy atom. The Hall–Kier alpha value is -2.70. The first-order chi connectivity index (χ1) is 19.2. The second-order valence-corrected chi connectivity index (χ2v) is 13.1. The van der Waals surface area contributed by atoms with Crippen LogP contribution in [-0.4, -0.2) is 82.8 Å². The molecule has 10 heteroatoms. The molecule has 40 heavy (non-hydrogen) atoms. The first-order valence-corrected chi connectivity index (χ1v) is 15.1. The lowest BCUT2D eigenvalue weighted by Gasteiger charge is -2.33. The van der Waals surface area contributed by atoms with Gasteiger partial charge in [0.25, 0.3) is 5.91 Å². The maximum atomic E-state index is 14.0. The third kappa shape index (κ3) is 5.45. The summed E-state index contributed by atoms with van der Waals surface area (Å²) in [4.78, 5) is 29.9. The molecule has 1 atom stereocenters. The number of aliphatic hydroxyl groups excluding tert-OH is 1. The summed E-state index contributed by atoms with van der Waals surface area (Å²) < 4.78 is 7.21. The number of carbonyl (C=O) groups is 1. The zero-order valence-corrected chi connectivity index (χ0v) is 25.2. The first kappa shape index (κ1) is 27.5. The van der Waals surface area contributed by atoms with Crippen LogP contribution in [0, 0.1) is 14.9 Å². The summed E-state index contributed by atoms with van der Waals surface area (Å²) in [5.74, 6) is 0.923. The van der Waals surface area contributed by atoms with E-state index in [1.165, 1.54) is 0 Å². The molecule has 3 heterocycles. The largest absolute Gasteiger partial charge is 0.508 e. The van der Waals surface area contributed by atoms with Crippen LogP contribution in [0.25, 0.3) is 10.8 Å². The van der Waals surface area contributed by atoms with Crippen molar-refractivity contribution < 1.29 is 19.7 Å². The highest BCUT2D eigenvalue weighted by atomic mass is 127. The summed E-state index contributed by atoms with van der Waals surface area (Å²) >= 11 is 2.24. The van der Waals surface area contributed by atoms with E-state index in [9.17, 15) is 15.0 Å². The third-order valence-electron chi connectivity index (χ3n) is 8.36. The second-order valence-electron chi connectivity index (χ2n) is 11.9. The van der Waals surface area contributed by atoms with Crippen molar-refractivity contribution in [2.24, 2.45) is 11.3 Å². The van der Waals surface area contributed by atoms with E-state index < -0.39 is 0 Å². The molecular formula is C30H36IN5O4. The van der Waals surface area contributed by atoms with Crippen molar-refractivity contribution in [3.63, 3.8) is 0 Å². The van der Waals surface area contributed by atoms with Gasteiger partial charge in [-0.05, 0) is 91.9 Å². The molecule has 1 saturated heterocycles. The molecule has 0 radical (unpaired) electrons. The number of phenols is 1. The van der Waals surface area contributed by atoms with Gasteiger partial charge in [0.2, 0.25) is 0 Å². The third-order valence-corrected chi connectivity index (χ3v) is 9.26. The minimum Gasteiger partial charge on any atom is -0.508 e. The van der Waals surface area contributed by atoms with Gasteiger partial charge in [0.05, 0.1) is 31.0 Å². The molecule has 0 spiro atoms. The lowest BCUT2D eigenvalue weighted by atomic mass is 9.98. The van der Waals surface area contributed by atoms with Crippen molar-refractivity contribution in [2.75, 3.05) is 51.8 Å². The highest BCUT2D eigenvalue weighted by Crippen LogP contribution is 2.46. The number of aliphatic hydroxyl groups is 1. The number of fused-ring (bicyclic) bond motifs is 2. The number of amides is 1. The molecule has 3 aromatic rings. The zero-order valence-electron chi connectivity index (χ0n) is 23.1. The molecule has 0 bridgehead atoms. The van der Waals surface area contributed by atoms with Gasteiger partial charge in [0, 0.05) is 46.2 Å². The van der Waals surface area contributed by atoms with E-state index in [0.717, 1.165) is 70.2 Å². The summed E-state index contributed by atoms with van der Waals surface area (Å²) in [6, 6.07) is 9.42. The zero-order chi connectivity index (χ0) is 28.0. The number of aromatic nitrogens is 2. The van der Waals surface area contributed by atoms with Crippen molar-refractivity contribution in [1.29, 1.82) is 0 Å². The average Bonchev–Trinajstić information content (AvgIpc) is 3.55. The Kier molecular flexibility index (Phi) is 7.51. The van der Waals surface area contributed by atoms with Gasteiger partial charge in [0.1, 0.15) is 11.6 Å². The number of benzene rings is 2. The van der Waals surface area contributed by atoms with E-state index in [4.69, 9.17) is 14.7 Å². The molecule has 2 aliphatic heterocycles. The van der Waals surface area contributed by atoms with E-state index in [2.05, 4.69) is 46.5 Å². The molecule has 1 aliphatic carbocycles. The van der Waals surface area contributed by atoms with Crippen LogP contribution in [0.1, 0.15) is 47.3 Å². The Morgan fingerprint density at radius 1 is 1.23 bits per heavy atom. The van der Waals surface area contributed by atoms with Crippen LogP contribution in [0.2, 0.25) is 0 Å². The van der Waals surface area contributed by atoms with Gasteiger partial charge < -0.3 is 29.6 Å². The Labute approximate surface area is 248 Å². The Bertz CT molecular complexity index is 1440. The van der Waals surface area contributed by atoms with Gasteiger partial charge in [-0.25, -0.2) is 0 Å². The van der Waals surface area contributed by atoms with Crippen LogP contribution in [0.4, 0.5) is 5.82 Å². The van der Waals surface area contributed by atoms with E-state index in [1.807, 2.05) is 18.2 Å². The molecule has 212 valence electrons. The highest BCUT2D eigenvalue weighted by molar-refractivity contribution is 14.1. The monoisotopic (exact) mass is 657 g/mol. The van der Waals surface area contributed by atoms with Crippen LogP contribution in [0.3, 0.4) is 0 Å². The van der Waals surface area contributed by atoms with Gasteiger partial charge in [0.15, 0.2) is 0 Å². The van der Waals surface area contributed by atoms with Gasteiger partial charge >= 0.3 is 6.01 Å². The summed E-state index contributed by atoms with van der Waals surface area (Å²) in [6.45, 7) is 3.97. The molecule has 2 N–H and O–H groups in total. The summed E-state index contributed by atoms with van der Waals surface area (Å²) in [5, 5.41) is 21.9. The lowest BCUT2D eigenvalue weighted by molar-refractivity contribution is 0.0752. The molecule has 1 aromatic heterocycles. The number of hydrogen-bond donors (Lipinski definition) is 2. The Morgan fingerprint density at radius 2 is 2.05 bits per heavy atom. The smallest absolute Gasteiger partial charge is 0.318 e. The van der Waals surface area contributed by atoms with Crippen LogP contribution < -0.4 is 9.64 Å². The summed E-state index contributed by atoms with van der Waals surface area (Å²) in [5.41, 5.74) is 2.37. The number of phenolic OH excluding ortho intramolecular Hbond substituents is 1. The molecule has 2 aromatic carbocycles. The summed E-state index contributed by atoms with van der Waals surface area (Å²) in [6.07, 6.45) is 4.23.